The highest BCUT2D eigenvalue weighted by molar-refractivity contribution is 5.30. The van der Waals surface area contributed by atoms with Gasteiger partial charge >= 0.3 is 0 Å². The van der Waals surface area contributed by atoms with Crippen molar-refractivity contribution in [3.63, 3.8) is 0 Å². The molecule has 0 radical (unpaired) electrons. The maximum Gasteiger partial charge on any atom is 0.293 e. The molecule has 0 aromatic carbocycles. The van der Waals surface area contributed by atoms with E-state index in [9.17, 15) is 4.79 Å². The Kier molecular flexibility index (Phi) is 6.69. The van der Waals surface area contributed by atoms with Gasteiger partial charge in [-0.2, -0.15) is 0 Å². The van der Waals surface area contributed by atoms with Gasteiger partial charge < -0.3 is 19.9 Å². The van der Waals surface area contributed by atoms with E-state index in [4.69, 9.17) is 4.74 Å². The van der Waals surface area contributed by atoms with Crippen LogP contribution in [0.2, 0.25) is 0 Å². The number of rotatable bonds is 8. The fourth-order valence-electron chi connectivity index (χ4n) is 2.48. The monoisotopic (exact) mass is 294 g/mol. The number of ether oxygens (including phenoxy) is 1. The van der Waals surface area contributed by atoms with E-state index >= 15 is 0 Å². The van der Waals surface area contributed by atoms with E-state index in [1.807, 2.05) is 0 Å². The molecular formula is C15H26N4O2. The highest BCUT2D eigenvalue weighted by Gasteiger charge is 2.12. The van der Waals surface area contributed by atoms with E-state index in [2.05, 4.69) is 22.5 Å². The summed E-state index contributed by atoms with van der Waals surface area (Å²) in [6.45, 7) is 6.32. The Labute approximate surface area is 125 Å². The van der Waals surface area contributed by atoms with Crippen molar-refractivity contribution < 1.29 is 4.74 Å². The SMILES string of the molecule is CCCn1ccnc(NCCCOC2CCNCC2)c1=O. The number of piperidine rings is 1. The van der Waals surface area contributed by atoms with E-state index < -0.39 is 0 Å². The maximum atomic E-state index is 12.1. The molecule has 1 saturated heterocycles. The topological polar surface area (TPSA) is 68.2 Å². The van der Waals surface area contributed by atoms with E-state index in [0.29, 0.717) is 18.5 Å². The molecule has 0 atom stereocenters. The first kappa shape index (κ1) is 16.0. The summed E-state index contributed by atoms with van der Waals surface area (Å²) >= 11 is 0. The van der Waals surface area contributed by atoms with Crippen molar-refractivity contribution in [3.8, 4) is 0 Å². The molecule has 1 aliphatic rings. The first-order chi connectivity index (χ1) is 10.3. The van der Waals surface area contributed by atoms with Crippen molar-refractivity contribution in [1.82, 2.24) is 14.9 Å². The first-order valence-electron chi connectivity index (χ1n) is 7.93. The lowest BCUT2D eigenvalue weighted by Crippen LogP contribution is -2.32. The molecule has 0 bridgehead atoms. The molecule has 2 heterocycles. The van der Waals surface area contributed by atoms with Crippen LogP contribution >= 0.6 is 0 Å². The van der Waals surface area contributed by atoms with Crippen molar-refractivity contribution in [2.24, 2.45) is 0 Å². The van der Waals surface area contributed by atoms with Crippen molar-refractivity contribution in [2.45, 2.75) is 45.3 Å². The molecule has 0 amide bonds. The molecule has 2 N–H and O–H groups in total. The third-order valence-corrected chi connectivity index (χ3v) is 3.63. The van der Waals surface area contributed by atoms with Gasteiger partial charge in [0, 0.05) is 32.1 Å². The number of aromatic nitrogens is 2. The number of hydrogen-bond donors (Lipinski definition) is 2. The van der Waals surface area contributed by atoms with Crippen LogP contribution in [0.4, 0.5) is 5.82 Å². The predicted octanol–water partition coefficient (Wildman–Crippen LogP) is 1.22. The Morgan fingerprint density at radius 1 is 1.48 bits per heavy atom. The summed E-state index contributed by atoms with van der Waals surface area (Å²) in [5.74, 6) is 0.438. The maximum absolute atomic E-state index is 12.1. The van der Waals surface area contributed by atoms with Gasteiger partial charge in [0.1, 0.15) is 0 Å². The third kappa shape index (κ3) is 5.13. The minimum atomic E-state index is -0.0429. The van der Waals surface area contributed by atoms with Crippen LogP contribution in [0.25, 0.3) is 0 Å². The molecule has 0 saturated carbocycles. The van der Waals surface area contributed by atoms with Crippen LogP contribution < -0.4 is 16.2 Å². The zero-order chi connectivity index (χ0) is 14.9. The van der Waals surface area contributed by atoms with Crippen molar-refractivity contribution in [2.75, 3.05) is 31.6 Å². The second-order valence-corrected chi connectivity index (χ2v) is 5.37. The van der Waals surface area contributed by atoms with Crippen LogP contribution in [0.5, 0.6) is 0 Å². The Hall–Kier alpha value is -1.40. The van der Waals surface area contributed by atoms with Gasteiger partial charge in [-0.3, -0.25) is 4.79 Å². The van der Waals surface area contributed by atoms with Crippen LogP contribution in [-0.4, -0.2) is 41.9 Å². The zero-order valence-electron chi connectivity index (χ0n) is 12.8. The lowest BCUT2D eigenvalue weighted by atomic mass is 10.1. The van der Waals surface area contributed by atoms with Crippen molar-refractivity contribution in [3.05, 3.63) is 22.7 Å². The van der Waals surface area contributed by atoms with E-state index in [0.717, 1.165) is 51.9 Å². The van der Waals surface area contributed by atoms with E-state index in [-0.39, 0.29) is 5.56 Å². The van der Waals surface area contributed by atoms with Gasteiger partial charge in [0.2, 0.25) is 0 Å². The van der Waals surface area contributed by atoms with Gasteiger partial charge in [-0.25, -0.2) is 4.98 Å². The highest BCUT2D eigenvalue weighted by atomic mass is 16.5. The minimum absolute atomic E-state index is 0.0429. The number of hydrogen-bond acceptors (Lipinski definition) is 5. The normalized spacial score (nSPS) is 16.0. The molecule has 2 rings (SSSR count). The molecule has 6 heteroatoms. The summed E-state index contributed by atoms with van der Waals surface area (Å²) in [6.07, 6.45) is 7.80. The summed E-state index contributed by atoms with van der Waals surface area (Å²) in [5.41, 5.74) is -0.0429. The molecule has 1 aliphatic heterocycles. The molecule has 1 aromatic heterocycles. The van der Waals surface area contributed by atoms with Gasteiger partial charge in [0.15, 0.2) is 5.82 Å². The van der Waals surface area contributed by atoms with Gasteiger partial charge in [0.05, 0.1) is 6.10 Å². The standard InChI is InChI=1S/C15H26N4O2/c1-2-10-19-11-9-18-14(15(19)20)17-6-3-12-21-13-4-7-16-8-5-13/h9,11,13,16H,2-8,10,12H2,1H3,(H,17,18). The molecular weight excluding hydrogens is 268 g/mol. The van der Waals surface area contributed by atoms with Crippen molar-refractivity contribution >= 4 is 5.82 Å². The average molecular weight is 294 g/mol. The van der Waals surface area contributed by atoms with E-state index in [1.54, 1.807) is 17.0 Å². The zero-order valence-corrected chi connectivity index (χ0v) is 12.8. The summed E-state index contributed by atoms with van der Waals surface area (Å²) in [4.78, 5) is 16.2. The van der Waals surface area contributed by atoms with Gasteiger partial charge in [-0.05, 0) is 38.8 Å². The Morgan fingerprint density at radius 2 is 2.29 bits per heavy atom. The Bertz CT molecular complexity index is 469. The third-order valence-electron chi connectivity index (χ3n) is 3.63. The molecule has 0 aliphatic carbocycles. The average Bonchev–Trinajstić information content (AvgIpc) is 2.51. The number of anilines is 1. The highest BCUT2D eigenvalue weighted by Crippen LogP contribution is 2.07. The fourth-order valence-corrected chi connectivity index (χ4v) is 2.48. The lowest BCUT2D eigenvalue weighted by molar-refractivity contribution is 0.0329. The summed E-state index contributed by atoms with van der Waals surface area (Å²) in [7, 11) is 0. The number of aryl methyl sites for hydroxylation is 1. The largest absolute Gasteiger partial charge is 0.378 e. The molecule has 118 valence electrons. The molecule has 0 spiro atoms. The predicted molar refractivity (Wildman–Crippen MR) is 83.7 cm³/mol. The first-order valence-corrected chi connectivity index (χ1v) is 7.93. The Balaban J connectivity index is 1.68. The van der Waals surface area contributed by atoms with Gasteiger partial charge in [-0.1, -0.05) is 6.92 Å². The molecule has 1 aromatic rings. The lowest BCUT2D eigenvalue weighted by Gasteiger charge is -2.22. The summed E-state index contributed by atoms with van der Waals surface area (Å²) in [5, 5.41) is 6.43. The molecule has 0 unspecified atom stereocenters. The minimum Gasteiger partial charge on any atom is -0.378 e. The quantitative estimate of drug-likeness (QED) is 0.706. The summed E-state index contributed by atoms with van der Waals surface area (Å²) < 4.78 is 7.52. The van der Waals surface area contributed by atoms with Crippen LogP contribution in [0.3, 0.4) is 0 Å². The Morgan fingerprint density at radius 3 is 3.05 bits per heavy atom. The second-order valence-electron chi connectivity index (χ2n) is 5.37. The van der Waals surface area contributed by atoms with Gasteiger partial charge in [-0.15, -0.1) is 0 Å². The van der Waals surface area contributed by atoms with Crippen LogP contribution in [0.15, 0.2) is 17.2 Å². The fraction of sp³-hybridized carbons (Fsp3) is 0.733. The van der Waals surface area contributed by atoms with Crippen LogP contribution in [-0.2, 0) is 11.3 Å². The van der Waals surface area contributed by atoms with Crippen molar-refractivity contribution in [1.29, 1.82) is 0 Å². The molecule has 6 nitrogen and oxygen atoms in total. The van der Waals surface area contributed by atoms with Gasteiger partial charge in [0.25, 0.3) is 5.56 Å². The summed E-state index contributed by atoms with van der Waals surface area (Å²) in [6, 6.07) is 0. The number of nitrogens with one attached hydrogen (secondary N) is 2. The molecule has 21 heavy (non-hydrogen) atoms. The molecule has 1 fully saturated rings. The van der Waals surface area contributed by atoms with Crippen LogP contribution in [0, 0.1) is 0 Å². The number of nitrogens with zero attached hydrogens (tertiary/aromatic N) is 2. The second kappa shape index (κ2) is 8.79. The van der Waals surface area contributed by atoms with E-state index in [1.165, 1.54) is 0 Å². The van der Waals surface area contributed by atoms with Crippen LogP contribution in [0.1, 0.15) is 32.6 Å². The smallest absolute Gasteiger partial charge is 0.293 e.